The van der Waals surface area contributed by atoms with Crippen molar-refractivity contribution in [3.63, 3.8) is 0 Å². The van der Waals surface area contributed by atoms with E-state index in [1.54, 1.807) is 36.7 Å². The number of thiophene rings is 1. The third-order valence-corrected chi connectivity index (χ3v) is 6.94. The van der Waals surface area contributed by atoms with Crippen LogP contribution < -0.4 is 4.31 Å². The third-order valence-electron chi connectivity index (χ3n) is 3.46. The molecule has 0 aliphatic carbocycles. The number of benzene rings is 1. The number of pyridine rings is 1. The van der Waals surface area contributed by atoms with Crippen molar-refractivity contribution in [3.05, 3.63) is 76.4 Å². The Labute approximate surface area is 150 Å². The lowest BCUT2D eigenvalue weighted by atomic mass is 10.2. The molecule has 1 aromatic carbocycles. The maximum absolute atomic E-state index is 13.1. The molecule has 0 fully saturated rings. The highest BCUT2D eigenvalue weighted by atomic mass is 35.5. The Morgan fingerprint density at radius 2 is 1.88 bits per heavy atom. The summed E-state index contributed by atoms with van der Waals surface area (Å²) in [6, 6.07) is 14.2. The van der Waals surface area contributed by atoms with Gasteiger partial charge in [0.1, 0.15) is 4.21 Å². The van der Waals surface area contributed by atoms with Gasteiger partial charge in [-0.05, 0) is 42.8 Å². The van der Waals surface area contributed by atoms with Gasteiger partial charge in [0.2, 0.25) is 0 Å². The van der Waals surface area contributed by atoms with Crippen LogP contribution in [0.5, 0.6) is 0 Å². The van der Waals surface area contributed by atoms with E-state index in [9.17, 15) is 8.42 Å². The number of sulfonamides is 1. The number of nitrogens with zero attached hydrogens (tertiary/aromatic N) is 2. The predicted molar refractivity (Wildman–Crippen MR) is 98.1 cm³/mol. The third kappa shape index (κ3) is 3.61. The number of halogens is 1. The fourth-order valence-electron chi connectivity index (χ4n) is 2.23. The summed E-state index contributed by atoms with van der Waals surface area (Å²) in [5.74, 6) is 0. The van der Waals surface area contributed by atoms with Gasteiger partial charge in [0.25, 0.3) is 10.0 Å². The summed E-state index contributed by atoms with van der Waals surface area (Å²) < 4.78 is 28.2. The number of rotatable bonds is 5. The van der Waals surface area contributed by atoms with E-state index in [4.69, 9.17) is 11.6 Å². The van der Waals surface area contributed by atoms with E-state index in [0.717, 1.165) is 22.5 Å². The van der Waals surface area contributed by atoms with Gasteiger partial charge < -0.3 is 0 Å². The maximum atomic E-state index is 13.1. The van der Waals surface area contributed by atoms with Gasteiger partial charge in [-0.1, -0.05) is 35.4 Å². The van der Waals surface area contributed by atoms with Crippen LogP contribution in [0.2, 0.25) is 4.34 Å². The van der Waals surface area contributed by atoms with Crippen LogP contribution >= 0.6 is 22.9 Å². The molecule has 4 nitrogen and oxygen atoms in total. The highest BCUT2D eigenvalue weighted by Crippen LogP contribution is 2.32. The smallest absolute Gasteiger partial charge is 0.264 e. The minimum atomic E-state index is -3.70. The lowest BCUT2D eigenvalue weighted by molar-refractivity contribution is 0.592. The molecule has 2 aromatic heterocycles. The van der Waals surface area contributed by atoms with Crippen LogP contribution in [0.4, 0.5) is 5.69 Å². The molecule has 24 heavy (non-hydrogen) atoms. The highest BCUT2D eigenvalue weighted by Gasteiger charge is 2.27. The average molecular weight is 379 g/mol. The van der Waals surface area contributed by atoms with Gasteiger partial charge in [-0.2, -0.15) is 0 Å². The summed E-state index contributed by atoms with van der Waals surface area (Å²) in [6.07, 6.45) is 3.32. The van der Waals surface area contributed by atoms with Crippen LogP contribution in [-0.4, -0.2) is 13.4 Å². The zero-order chi connectivity index (χ0) is 17.2. The van der Waals surface area contributed by atoms with Crippen molar-refractivity contribution in [2.24, 2.45) is 0 Å². The van der Waals surface area contributed by atoms with Gasteiger partial charge in [-0.15, -0.1) is 11.3 Å². The van der Waals surface area contributed by atoms with E-state index in [2.05, 4.69) is 4.98 Å². The Balaban J connectivity index is 2.06. The van der Waals surface area contributed by atoms with Gasteiger partial charge in [-0.25, -0.2) is 8.42 Å². The van der Waals surface area contributed by atoms with E-state index in [1.165, 1.54) is 10.4 Å². The van der Waals surface area contributed by atoms with Crippen molar-refractivity contribution in [1.82, 2.24) is 4.98 Å². The Kier molecular flexibility index (Phi) is 4.89. The molecule has 0 radical (unpaired) electrons. The average Bonchev–Trinajstić information content (AvgIpc) is 3.02. The maximum Gasteiger partial charge on any atom is 0.274 e. The molecule has 124 valence electrons. The molecule has 0 saturated carbocycles. The van der Waals surface area contributed by atoms with Crippen molar-refractivity contribution in [1.29, 1.82) is 0 Å². The molecule has 2 heterocycles. The van der Waals surface area contributed by atoms with E-state index in [-0.39, 0.29) is 10.8 Å². The first-order valence-electron chi connectivity index (χ1n) is 7.20. The lowest BCUT2D eigenvalue weighted by Crippen LogP contribution is -2.30. The second kappa shape index (κ2) is 6.93. The highest BCUT2D eigenvalue weighted by molar-refractivity contribution is 7.94. The van der Waals surface area contributed by atoms with Crippen molar-refractivity contribution in [3.8, 4) is 0 Å². The van der Waals surface area contributed by atoms with Gasteiger partial charge in [0.05, 0.1) is 16.6 Å². The van der Waals surface area contributed by atoms with Gasteiger partial charge >= 0.3 is 0 Å². The normalized spacial score (nSPS) is 11.4. The number of hydrogen-bond donors (Lipinski definition) is 0. The van der Waals surface area contributed by atoms with Crippen molar-refractivity contribution >= 4 is 38.6 Å². The van der Waals surface area contributed by atoms with Crippen molar-refractivity contribution in [2.45, 2.75) is 17.7 Å². The summed E-state index contributed by atoms with van der Waals surface area (Å²) in [5.41, 5.74) is 2.48. The zero-order valence-corrected chi connectivity index (χ0v) is 15.3. The molecule has 0 spiro atoms. The van der Waals surface area contributed by atoms with Crippen LogP contribution in [0.3, 0.4) is 0 Å². The monoisotopic (exact) mass is 378 g/mol. The number of aryl methyl sites for hydroxylation is 1. The fourth-order valence-corrected chi connectivity index (χ4v) is 5.28. The van der Waals surface area contributed by atoms with Crippen LogP contribution in [0.15, 0.2) is 65.1 Å². The Hall–Kier alpha value is -1.89. The first-order chi connectivity index (χ1) is 11.5. The molecule has 0 aliphatic heterocycles. The van der Waals surface area contributed by atoms with Crippen LogP contribution in [0.1, 0.15) is 11.1 Å². The van der Waals surface area contributed by atoms with Crippen molar-refractivity contribution < 1.29 is 8.42 Å². The fraction of sp³-hybridized carbons (Fsp3) is 0.118. The molecule has 3 aromatic rings. The first-order valence-corrected chi connectivity index (χ1v) is 9.84. The summed E-state index contributed by atoms with van der Waals surface area (Å²) in [6.45, 7) is 2.16. The molecule has 0 aliphatic rings. The van der Waals surface area contributed by atoms with Crippen LogP contribution in [-0.2, 0) is 16.6 Å². The molecule has 0 amide bonds. The topological polar surface area (TPSA) is 50.3 Å². The molecule has 7 heteroatoms. The van der Waals surface area contributed by atoms with E-state index < -0.39 is 10.0 Å². The summed E-state index contributed by atoms with van der Waals surface area (Å²) in [5, 5.41) is 0. The molecule has 3 rings (SSSR count). The number of anilines is 1. The Bertz CT molecular complexity index is 923. The largest absolute Gasteiger partial charge is 0.274 e. The first kappa shape index (κ1) is 17.0. The Morgan fingerprint density at radius 3 is 2.46 bits per heavy atom. The minimum Gasteiger partial charge on any atom is -0.264 e. The molecular weight excluding hydrogens is 364 g/mol. The molecule has 0 atom stereocenters. The summed E-state index contributed by atoms with van der Waals surface area (Å²) in [4.78, 5) is 4.06. The number of hydrogen-bond acceptors (Lipinski definition) is 4. The molecular formula is C17H15ClN2O2S2. The summed E-state index contributed by atoms with van der Waals surface area (Å²) in [7, 11) is -3.70. The molecule has 0 N–H and O–H groups in total. The zero-order valence-electron chi connectivity index (χ0n) is 12.9. The van der Waals surface area contributed by atoms with Crippen LogP contribution in [0.25, 0.3) is 0 Å². The van der Waals surface area contributed by atoms with Gasteiger partial charge in [-0.3, -0.25) is 9.29 Å². The van der Waals surface area contributed by atoms with Gasteiger partial charge in [0.15, 0.2) is 0 Å². The second-order valence-corrected chi connectivity index (χ2v) is 9.07. The molecule has 0 saturated heterocycles. The van der Waals surface area contributed by atoms with E-state index in [1.807, 2.05) is 25.1 Å². The van der Waals surface area contributed by atoms with E-state index >= 15 is 0 Å². The number of aromatic nitrogens is 1. The molecule has 0 bridgehead atoms. The lowest BCUT2D eigenvalue weighted by Gasteiger charge is -2.24. The van der Waals surface area contributed by atoms with Gasteiger partial charge in [0, 0.05) is 12.4 Å². The quantitative estimate of drug-likeness (QED) is 0.656. The standard InChI is InChI=1S/C17H15ClN2O2S2/c1-13-4-6-15(7-5-13)20(12-14-3-2-10-19-11-14)24(21,22)17-9-8-16(18)23-17/h2-11H,12H2,1H3. The molecule has 0 unspecified atom stereocenters. The van der Waals surface area contributed by atoms with Crippen molar-refractivity contribution in [2.75, 3.05) is 4.31 Å². The van der Waals surface area contributed by atoms with Crippen LogP contribution in [0, 0.1) is 6.92 Å². The minimum absolute atomic E-state index is 0.203. The predicted octanol–water partition coefficient (Wildman–Crippen LogP) is 4.50. The Morgan fingerprint density at radius 1 is 1.12 bits per heavy atom. The van der Waals surface area contributed by atoms with E-state index in [0.29, 0.717) is 10.0 Å². The SMILES string of the molecule is Cc1ccc(N(Cc2cccnc2)S(=O)(=O)c2ccc(Cl)s2)cc1. The second-order valence-electron chi connectivity index (χ2n) is 5.27. The summed E-state index contributed by atoms with van der Waals surface area (Å²) >= 11 is 6.98.